The molecule has 44 heavy (non-hydrogen) atoms. The minimum absolute atomic E-state index is 0.0182. The van der Waals surface area contributed by atoms with Crippen molar-refractivity contribution >= 4 is 23.2 Å². The second-order valence-corrected chi connectivity index (χ2v) is 10.4. The molecule has 0 radical (unpaired) electrons. The molecule has 4 aromatic rings. The Hall–Kier alpha value is -4.85. The summed E-state index contributed by atoms with van der Waals surface area (Å²) in [7, 11) is 5.37. The van der Waals surface area contributed by atoms with E-state index in [1.807, 2.05) is 11.9 Å². The van der Waals surface area contributed by atoms with Gasteiger partial charge in [-0.2, -0.15) is 18.2 Å². The first-order chi connectivity index (χ1) is 20.9. The predicted molar refractivity (Wildman–Crippen MR) is 158 cm³/mol. The van der Waals surface area contributed by atoms with Crippen LogP contribution in [-0.4, -0.2) is 71.0 Å². The molecular formula is C30H30F4N8O2. The highest BCUT2D eigenvalue weighted by atomic mass is 19.4. The Labute approximate surface area is 251 Å². The molecular weight excluding hydrogens is 580 g/mol. The Kier molecular flexibility index (Phi) is 8.63. The highest BCUT2D eigenvalue weighted by Crippen LogP contribution is 2.37. The lowest BCUT2D eigenvalue weighted by Crippen LogP contribution is -2.34. The number of aryl methyl sites for hydroxylation is 1. The van der Waals surface area contributed by atoms with Crippen LogP contribution in [0.3, 0.4) is 0 Å². The van der Waals surface area contributed by atoms with Gasteiger partial charge in [0.25, 0.3) is 5.91 Å². The maximum atomic E-state index is 15.2. The quantitative estimate of drug-likeness (QED) is 0.246. The van der Waals surface area contributed by atoms with Gasteiger partial charge in [0.2, 0.25) is 11.8 Å². The van der Waals surface area contributed by atoms with Gasteiger partial charge >= 0.3 is 6.18 Å². The molecule has 5 rings (SSSR count). The number of aromatic nitrogens is 4. The average Bonchev–Trinajstić information content (AvgIpc) is 3.44. The van der Waals surface area contributed by atoms with Gasteiger partial charge in [0, 0.05) is 32.9 Å². The first-order valence-corrected chi connectivity index (χ1v) is 13.7. The average molecular weight is 611 g/mol. The zero-order valence-electron chi connectivity index (χ0n) is 24.4. The number of carbonyl (C=O) groups excluding carboxylic acids is 1. The fourth-order valence-electron chi connectivity index (χ4n) is 4.96. The fraction of sp³-hybridized carbons (Fsp3) is 0.300. The summed E-state index contributed by atoms with van der Waals surface area (Å²) in [5.41, 5.74) is -0.308. The fourth-order valence-corrected chi connectivity index (χ4v) is 4.96. The van der Waals surface area contributed by atoms with Gasteiger partial charge in [0.05, 0.1) is 28.1 Å². The van der Waals surface area contributed by atoms with Crippen LogP contribution in [0, 0.1) is 12.7 Å². The molecule has 10 nitrogen and oxygen atoms in total. The Morgan fingerprint density at radius 3 is 2.64 bits per heavy atom. The summed E-state index contributed by atoms with van der Waals surface area (Å²) < 4.78 is 62.2. The third-order valence-electron chi connectivity index (χ3n) is 7.39. The molecule has 0 aliphatic carbocycles. The summed E-state index contributed by atoms with van der Waals surface area (Å²) in [6, 6.07) is 8.81. The van der Waals surface area contributed by atoms with E-state index >= 15 is 4.39 Å². The number of rotatable bonds is 8. The summed E-state index contributed by atoms with van der Waals surface area (Å²) in [6.07, 6.45) is -1.04. The first-order valence-electron chi connectivity index (χ1n) is 13.7. The SMILES string of the molecule is CNc1ncnc(-c2cccnc2Oc2cc(C(=O)Nc3cc(C(F)(F)F)ccc3N(C)[C@H]3CCN(C)C3)c(F)cc2C)n1. The molecule has 2 aromatic carbocycles. The molecule has 2 N–H and O–H groups in total. The third-order valence-corrected chi connectivity index (χ3v) is 7.39. The standard InChI is InChI=1S/C30H30F4N8O2/c1-17-12-22(31)21(14-25(17)44-28-20(6-5-10-36-28)26-37-16-38-29(35-2)40-26)27(43)39-23-13-18(30(32,33)34)7-8-24(23)42(4)19-9-11-41(3)15-19/h5-8,10,12-14,16,19H,9,11,15H2,1-4H3,(H,39,43)(H,35,37,38,40)/t19-/m0/s1. The van der Waals surface area contributed by atoms with Crippen molar-refractivity contribution in [3.05, 3.63) is 77.5 Å². The molecule has 14 heteroatoms. The Morgan fingerprint density at radius 2 is 1.93 bits per heavy atom. The number of likely N-dealkylation sites (N-methyl/N-ethyl adjacent to an activating group) is 2. The summed E-state index contributed by atoms with van der Waals surface area (Å²) >= 11 is 0. The van der Waals surface area contributed by atoms with Gasteiger partial charge in [-0.1, -0.05) is 0 Å². The largest absolute Gasteiger partial charge is 0.438 e. The second kappa shape index (κ2) is 12.4. The van der Waals surface area contributed by atoms with Gasteiger partial charge in [-0.05, 0) is 75.0 Å². The van der Waals surface area contributed by atoms with E-state index in [0.29, 0.717) is 29.3 Å². The number of anilines is 3. The molecule has 3 heterocycles. The minimum Gasteiger partial charge on any atom is -0.438 e. The number of benzene rings is 2. The number of halogens is 4. The van der Waals surface area contributed by atoms with E-state index < -0.39 is 29.0 Å². The van der Waals surface area contributed by atoms with Crippen molar-refractivity contribution < 1.29 is 27.1 Å². The first kappa shape index (κ1) is 30.6. The van der Waals surface area contributed by atoms with Crippen molar-refractivity contribution in [1.82, 2.24) is 24.8 Å². The van der Waals surface area contributed by atoms with Crippen LogP contribution in [0.1, 0.15) is 27.9 Å². The lowest BCUT2D eigenvalue weighted by molar-refractivity contribution is -0.137. The van der Waals surface area contributed by atoms with E-state index in [4.69, 9.17) is 4.74 Å². The topological polar surface area (TPSA) is 108 Å². The molecule has 1 saturated heterocycles. The lowest BCUT2D eigenvalue weighted by Gasteiger charge is -2.29. The van der Waals surface area contributed by atoms with Gasteiger partial charge in [-0.15, -0.1) is 0 Å². The highest BCUT2D eigenvalue weighted by molar-refractivity contribution is 6.06. The van der Waals surface area contributed by atoms with E-state index in [-0.39, 0.29) is 29.2 Å². The molecule has 0 spiro atoms. The minimum atomic E-state index is -4.65. The van der Waals surface area contributed by atoms with E-state index in [9.17, 15) is 18.0 Å². The zero-order valence-corrected chi connectivity index (χ0v) is 24.4. The Balaban J connectivity index is 1.47. The van der Waals surface area contributed by atoms with Gasteiger partial charge in [-0.3, -0.25) is 4.79 Å². The number of nitrogens with one attached hydrogen (secondary N) is 2. The van der Waals surface area contributed by atoms with Crippen molar-refractivity contribution in [2.24, 2.45) is 0 Å². The molecule has 1 atom stereocenters. The molecule has 1 aliphatic heterocycles. The molecule has 0 bridgehead atoms. The Morgan fingerprint density at radius 1 is 1.14 bits per heavy atom. The highest BCUT2D eigenvalue weighted by Gasteiger charge is 2.33. The molecule has 230 valence electrons. The molecule has 2 aromatic heterocycles. The summed E-state index contributed by atoms with van der Waals surface area (Å²) in [4.78, 5) is 34.2. The predicted octanol–water partition coefficient (Wildman–Crippen LogP) is 5.63. The van der Waals surface area contributed by atoms with E-state index in [0.717, 1.165) is 31.2 Å². The van der Waals surface area contributed by atoms with Crippen LogP contribution >= 0.6 is 0 Å². The van der Waals surface area contributed by atoms with E-state index in [1.165, 1.54) is 24.7 Å². The molecule has 1 fully saturated rings. The number of likely N-dealkylation sites (tertiary alicyclic amines) is 1. The summed E-state index contributed by atoms with van der Waals surface area (Å²) in [5.74, 6) is -1.03. The van der Waals surface area contributed by atoms with Crippen molar-refractivity contribution in [3.63, 3.8) is 0 Å². The van der Waals surface area contributed by atoms with Gasteiger partial charge < -0.3 is 25.2 Å². The number of alkyl halides is 3. The van der Waals surface area contributed by atoms with Crippen LogP contribution in [0.25, 0.3) is 11.4 Å². The number of nitrogens with zero attached hydrogens (tertiary/aromatic N) is 6. The van der Waals surface area contributed by atoms with Crippen LogP contribution < -0.4 is 20.3 Å². The van der Waals surface area contributed by atoms with E-state index in [2.05, 4.69) is 35.5 Å². The van der Waals surface area contributed by atoms with Crippen LogP contribution in [0.15, 0.2) is 55.0 Å². The van der Waals surface area contributed by atoms with Crippen molar-refractivity contribution in [3.8, 4) is 23.0 Å². The van der Waals surface area contributed by atoms with Gasteiger partial charge in [0.1, 0.15) is 17.9 Å². The van der Waals surface area contributed by atoms with Crippen LogP contribution in [0.2, 0.25) is 0 Å². The monoisotopic (exact) mass is 610 g/mol. The van der Waals surface area contributed by atoms with Crippen LogP contribution in [-0.2, 0) is 6.18 Å². The summed E-state index contributed by atoms with van der Waals surface area (Å²) in [6.45, 7) is 3.12. The lowest BCUT2D eigenvalue weighted by atomic mass is 10.1. The molecule has 0 saturated carbocycles. The molecule has 0 unspecified atom stereocenters. The number of pyridine rings is 1. The number of amides is 1. The van der Waals surface area contributed by atoms with Crippen LogP contribution in [0.4, 0.5) is 34.9 Å². The normalized spacial score (nSPS) is 15.2. The van der Waals surface area contributed by atoms with Gasteiger partial charge in [0.15, 0.2) is 5.82 Å². The molecule has 1 amide bonds. The maximum absolute atomic E-state index is 15.2. The maximum Gasteiger partial charge on any atom is 0.416 e. The number of ether oxygens (including phenoxy) is 1. The number of hydrogen-bond acceptors (Lipinski definition) is 9. The zero-order chi connectivity index (χ0) is 31.6. The third kappa shape index (κ3) is 6.54. The molecule has 1 aliphatic rings. The van der Waals surface area contributed by atoms with Gasteiger partial charge in [-0.25, -0.2) is 19.3 Å². The van der Waals surface area contributed by atoms with E-state index in [1.54, 1.807) is 33.2 Å². The number of carbonyl (C=O) groups is 1. The number of hydrogen-bond donors (Lipinski definition) is 2. The second-order valence-electron chi connectivity index (χ2n) is 10.4. The smallest absolute Gasteiger partial charge is 0.416 e. The summed E-state index contributed by atoms with van der Waals surface area (Å²) in [5, 5.41) is 5.34. The van der Waals surface area contributed by atoms with Crippen molar-refractivity contribution in [2.75, 3.05) is 49.8 Å². The Bertz CT molecular complexity index is 1680. The van der Waals surface area contributed by atoms with Crippen LogP contribution in [0.5, 0.6) is 11.6 Å². The van der Waals surface area contributed by atoms with Crippen molar-refractivity contribution in [2.45, 2.75) is 25.6 Å². The van der Waals surface area contributed by atoms with Crippen molar-refractivity contribution in [1.29, 1.82) is 0 Å².